The van der Waals surface area contributed by atoms with E-state index in [1.807, 2.05) is 28.8 Å². The molecule has 7 nitrogen and oxygen atoms in total. The smallest absolute Gasteiger partial charge is 0.279 e. The average molecular weight is 490 g/mol. The Kier molecular flexibility index (Phi) is 6.44. The molecule has 7 heteroatoms. The molecule has 2 aliphatic heterocycles. The number of hydrogen-bond donors (Lipinski definition) is 2. The van der Waals surface area contributed by atoms with Gasteiger partial charge in [0, 0.05) is 37.0 Å². The third-order valence-corrected chi connectivity index (χ3v) is 9.60. The summed E-state index contributed by atoms with van der Waals surface area (Å²) >= 11 is 0. The maximum absolute atomic E-state index is 13.8. The second kappa shape index (κ2) is 9.73. The summed E-state index contributed by atoms with van der Waals surface area (Å²) in [6, 6.07) is 9.70. The molecule has 2 aromatic rings. The fraction of sp³-hybridized carbons (Fsp3) is 0.655. The van der Waals surface area contributed by atoms with Gasteiger partial charge in [0.05, 0.1) is 16.7 Å². The molecule has 4 bridgehead atoms. The molecule has 2 saturated carbocycles. The maximum atomic E-state index is 13.8. The maximum Gasteiger partial charge on any atom is 0.279 e. The lowest BCUT2D eigenvalue weighted by molar-refractivity contribution is -0.117. The van der Waals surface area contributed by atoms with Crippen molar-refractivity contribution in [3.63, 3.8) is 0 Å². The van der Waals surface area contributed by atoms with E-state index in [1.165, 1.54) is 57.8 Å². The Morgan fingerprint density at radius 2 is 1.56 bits per heavy atom. The standard InChI is InChI=1S/C29H39N5O2/c30-24(11-12-27(31)35)28-29(36)34(26-10-2-1-9-25(26)32-28)23-16-20-7-4-8-21(17-23)33(20)22-14-18-5-3-6-19(13-18)15-22/h1-2,9-10,18-23,30H,3-8,11-17H2,(H2,31,35)/t18?,19?,20-,21+,22?,23?. The van der Waals surface area contributed by atoms with Gasteiger partial charge in [-0.25, -0.2) is 4.98 Å². The van der Waals surface area contributed by atoms with Gasteiger partial charge in [-0.2, -0.15) is 0 Å². The van der Waals surface area contributed by atoms with E-state index in [4.69, 9.17) is 11.1 Å². The van der Waals surface area contributed by atoms with E-state index in [2.05, 4.69) is 9.88 Å². The monoisotopic (exact) mass is 489 g/mol. The molecular weight excluding hydrogens is 450 g/mol. The first kappa shape index (κ1) is 23.8. The highest BCUT2D eigenvalue weighted by atomic mass is 16.1. The molecule has 0 radical (unpaired) electrons. The van der Waals surface area contributed by atoms with Crippen LogP contribution in [0.5, 0.6) is 0 Å². The molecule has 2 saturated heterocycles. The summed E-state index contributed by atoms with van der Waals surface area (Å²) in [6.07, 6.45) is 14.3. The van der Waals surface area contributed by atoms with Gasteiger partial charge in [-0.3, -0.25) is 14.5 Å². The van der Waals surface area contributed by atoms with Gasteiger partial charge in [-0.1, -0.05) is 37.8 Å². The van der Waals surface area contributed by atoms with Crippen molar-refractivity contribution in [3.8, 4) is 0 Å². The van der Waals surface area contributed by atoms with E-state index in [0.717, 1.165) is 35.7 Å². The number of benzene rings is 1. The van der Waals surface area contributed by atoms with Crippen LogP contribution >= 0.6 is 0 Å². The van der Waals surface area contributed by atoms with Gasteiger partial charge in [0.15, 0.2) is 0 Å². The Morgan fingerprint density at radius 1 is 0.889 bits per heavy atom. The highest BCUT2D eigenvalue weighted by Crippen LogP contribution is 2.47. The van der Waals surface area contributed by atoms with Crippen LogP contribution in [0.3, 0.4) is 0 Å². The lowest BCUT2D eigenvalue weighted by Gasteiger charge is -2.55. The minimum Gasteiger partial charge on any atom is -0.370 e. The Balaban J connectivity index is 1.32. The number of hydrogen-bond acceptors (Lipinski definition) is 5. The Morgan fingerprint density at radius 3 is 2.25 bits per heavy atom. The molecule has 6 rings (SSSR count). The molecule has 3 N–H and O–H groups in total. The highest BCUT2D eigenvalue weighted by Gasteiger charge is 2.45. The first-order valence-corrected chi connectivity index (χ1v) is 14.1. The lowest BCUT2D eigenvalue weighted by atomic mass is 9.68. The molecule has 1 amide bonds. The van der Waals surface area contributed by atoms with Crippen molar-refractivity contribution >= 4 is 22.7 Å². The average Bonchev–Trinajstić information content (AvgIpc) is 2.86. The molecule has 4 aliphatic rings. The van der Waals surface area contributed by atoms with Crippen molar-refractivity contribution in [3.05, 3.63) is 40.3 Å². The molecule has 36 heavy (non-hydrogen) atoms. The van der Waals surface area contributed by atoms with Crippen LogP contribution < -0.4 is 11.3 Å². The van der Waals surface area contributed by atoms with Crippen LogP contribution in [0.15, 0.2) is 29.1 Å². The zero-order valence-electron chi connectivity index (χ0n) is 21.2. The van der Waals surface area contributed by atoms with Crippen LogP contribution in [-0.4, -0.2) is 44.2 Å². The fourth-order valence-electron chi connectivity index (χ4n) is 8.22. The molecule has 0 spiro atoms. The predicted molar refractivity (Wildman–Crippen MR) is 141 cm³/mol. The highest BCUT2D eigenvalue weighted by molar-refractivity contribution is 5.99. The minimum absolute atomic E-state index is 0.0543. The molecule has 1 aromatic heterocycles. The fourth-order valence-corrected chi connectivity index (χ4v) is 8.22. The summed E-state index contributed by atoms with van der Waals surface area (Å²) in [6.45, 7) is 0. The van der Waals surface area contributed by atoms with Crippen molar-refractivity contribution in [2.24, 2.45) is 17.6 Å². The number of carbonyl (C=O) groups is 1. The SMILES string of the molecule is N=C(CCC(N)=O)c1nc2ccccc2n(C2C[C@H]3CCC[C@@H](C2)N3C2CC3CCCC(C3)C2)c1=O. The number of nitrogens with one attached hydrogen (secondary N) is 1. The minimum atomic E-state index is -0.465. The van der Waals surface area contributed by atoms with Crippen LogP contribution in [0.2, 0.25) is 0 Å². The van der Waals surface area contributed by atoms with E-state index in [1.54, 1.807) is 0 Å². The van der Waals surface area contributed by atoms with Crippen LogP contribution in [0.4, 0.5) is 0 Å². The first-order valence-electron chi connectivity index (χ1n) is 14.1. The number of amides is 1. The van der Waals surface area contributed by atoms with Gasteiger partial charge in [0.25, 0.3) is 5.56 Å². The van der Waals surface area contributed by atoms with Crippen LogP contribution in [0, 0.1) is 17.2 Å². The zero-order chi connectivity index (χ0) is 24.8. The summed E-state index contributed by atoms with van der Waals surface area (Å²) < 4.78 is 1.95. The van der Waals surface area contributed by atoms with Crippen molar-refractivity contribution in [1.29, 1.82) is 5.41 Å². The second-order valence-corrected chi connectivity index (χ2v) is 11.9. The number of primary amides is 1. The molecular formula is C29H39N5O2. The number of aromatic nitrogens is 2. The van der Waals surface area contributed by atoms with Crippen LogP contribution in [-0.2, 0) is 4.79 Å². The summed E-state index contributed by atoms with van der Waals surface area (Å²) in [4.78, 5) is 32.6. The van der Waals surface area contributed by atoms with Crippen LogP contribution in [0.1, 0.15) is 95.2 Å². The van der Waals surface area contributed by atoms with Gasteiger partial charge < -0.3 is 15.7 Å². The topological polar surface area (TPSA) is 105 Å². The molecule has 2 aliphatic carbocycles. The lowest BCUT2D eigenvalue weighted by Crippen LogP contribution is -2.58. The number of fused-ring (bicyclic) bond motifs is 5. The van der Waals surface area contributed by atoms with E-state index in [-0.39, 0.29) is 35.8 Å². The van der Waals surface area contributed by atoms with E-state index in [0.29, 0.717) is 18.1 Å². The number of para-hydroxylation sites is 2. The molecule has 4 fully saturated rings. The Labute approximate surface area is 213 Å². The van der Waals surface area contributed by atoms with Gasteiger partial charge in [0.2, 0.25) is 5.91 Å². The number of carbonyl (C=O) groups excluding carboxylic acids is 1. The summed E-state index contributed by atoms with van der Waals surface area (Å²) in [5, 5.41) is 8.51. The third-order valence-electron chi connectivity index (χ3n) is 9.60. The number of piperidine rings is 2. The normalized spacial score (nSPS) is 32.3. The van der Waals surface area contributed by atoms with Crippen molar-refractivity contribution < 1.29 is 4.79 Å². The summed E-state index contributed by atoms with van der Waals surface area (Å²) in [5.74, 6) is 1.37. The van der Waals surface area contributed by atoms with Crippen molar-refractivity contribution in [2.75, 3.05) is 0 Å². The van der Waals surface area contributed by atoms with E-state index < -0.39 is 5.91 Å². The second-order valence-electron chi connectivity index (χ2n) is 11.9. The van der Waals surface area contributed by atoms with Gasteiger partial charge in [-0.15, -0.1) is 0 Å². The van der Waals surface area contributed by atoms with E-state index >= 15 is 0 Å². The molecule has 1 aromatic carbocycles. The van der Waals surface area contributed by atoms with Gasteiger partial charge in [0.1, 0.15) is 5.69 Å². The number of rotatable bonds is 6. The van der Waals surface area contributed by atoms with E-state index in [9.17, 15) is 9.59 Å². The van der Waals surface area contributed by atoms with Crippen molar-refractivity contribution in [1.82, 2.24) is 14.5 Å². The molecule has 3 unspecified atom stereocenters. The van der Waals surface area contributed by atoms with Crippen LogP contribution in [0.25, 0.3) is 11.0 Å². The first-order chi connectivity index (χ1) is 17.5. The number of nitrogens with two attached hydrogens (primary N) is 1. The predicted octanol–water partition coefficient (Wildman–Crippen LogP) is 4.56. The molecule has 3 heterocycles. The van der Waals surface area contributed by atoms with Crippen molar-refractivity contribution in [2.45, 2.75) is 108 Å². The number of nitrogens with zero attached hydrogens (tertiary/aromatic N) is 3. The Hall–Kier alpha value is -2.54. The summed E-state index contributed by atoms with van der Waals surface area (Å²) in [7, 11) is 0. The van der Waals surface area contributed by atoms with Gasteiger partial charge in [-0.05, 0) is 68.9 Å². The quantitative estimate of drug-likeness (QED) is 0.581. The largest absolute Gasteiger partial charge is 0.370 e. The third kappa shape index (κ3) is 4.40. The molecule has 192 valence electrons. The van der Waals surface area contributed by atoms with Gasteiger partial charge >= 0.3 is 0 Å². The summed E-state index contributed by atoms with van der Waals surface area (Å²) in [5.41, 5.74) is 6.99. The molecule has 5 atom stereocenters. The zero-order valence-corrected chi connectivity index (χ0v) is 21.2. The Bertz CT molecular complexity index is 1200.